The average molecular weight is 342 g/mol. The van der Waals surface area contributed by atoms with Gasteiger partial charge in [0.25, 0.3) is 0 Å². The van der Waals surface area contributed by atoms with E-state index in [0.29, 0.717) is 24.1 Å². The topological polar surface area (TPSA) is 69.6 Å². The van der Waals surface area contributed by atoms with Crippen LogP contribution in [0.3, 0.4) is 0 Å². The molecular formula is C15H20BrNO3. The van der Waals surface area contributed by atoms with Crippen LogP contribution in [0.5, 0.6) is 0 Å². The Balaban J connectivity index is 2.04. The molecule has 1 aliphatic carbocycles. The second kappa shape index (κ2) is 7.09. The van der Waals surface area contributed by atoms with Crippen LogP contribution in [0.15, 0.2) is 22.7 Å². The van der Waals surface area contributed by atoms with Crippen molar-refractivity contribution in [1.29, 1.82) is 0 Å². The van der Waals surface area contributed by atoms with Crippen LogP contribution in [0.4, 0.5) is 5.69 Å². The van der Waals surface area contributed by atoms with Crippen molar-refractivity contribution in [1.82, 2.24) is 0 Å². The minimum absolute atomic E-state index is 0.221. The number of carbonyl (C=O) groups is 1. The molecule has 2 atom stereocenters. The predicted octanol–water partition coefficient (Wildman–Crippen LogP) is 3.36. The second-order valence-corrected chi connectivity index (χ2v) is 6.28. The third kappa shape index (κ3) is 3.73. The summed E-state index contributed by atoms with van der Waals surface area (Å²) in [6.07, 6.45) is 4.53. The first-order valence-corrected chi connectivity index (χ1v) is 7.78. The summed E-state index contributed by atoms with van der Waals surface area (Å²) in [4.78, 5) is 11.2. The van der Waals surface area contributed by atoms with E-state index in [9.17, 15) is 15.0 Å². The maximum atomic E-state index is 11.2. The molecular weight excluding hydrogens is 322 g/mol. The largest absolute Gasteiger partial charge is 0.478 e. The molecule has 0 heterocycles. The number of aliphatic hydroxyl groups is 1. The lowest BCUT2D eigenvalue weighted by atomic mass is 9.79. The Morgan fingerprint density at radius 1 is 1.30 bits per heavy atom. The van der Waals surface area contributed by atoms with Crippen LogP contribution in [0.2, 0.25) is 0 Å². The molecule has 5 heteroatoms. The molecule has 4 nitrogen and oxygen atoms in total. The molecule has 110 valence electrons. The first-order chi connectivity index (χ1) is 9.61. The van der Waals surface area contributed by atoms with Gasteiger partial charge in [0.2, 0.25) is 0 Å². The quantitative estimate of drug-likeness (QED) is 0.767. The lowest BCUT2D eigenvalue weighted by molar-refractivity contribution is 0.0697. The molecule has 0 spiro atoms. The summed E-state index contributed by atoms with van der Waals surface area (Å²) in [6.45, 7) is 0.936. The van der Waals surface area contributed by atoms with Crippen molar-refractivity contribution in [2.75, 3.05) is 18.5 Å². The van der Waals surface area contributed by atoms with Crippen LogP contribution in [-0.2, 0) is 0 Å². The minimum atomic E-state index is -0.934. The van der Waals surface area contributed by atoms with Gasteiger partial charge < -0.3 is 15.5 Å². The van der Waals surface area contributed by atoms with Gasteiger partial charge in [-0.05, 0) is 42.9 Å². The Bertz CT molecular complexity index is 478. The Labute approximate surface area is 127 Å². The Kier molecular flexibility index (Phi) is 5.43. The Hall–Kier alpha value is -1.07. The first-order valence-electron chi connectivity index (χ1n) is 6.99. The number of rotatable bonds is 5. The molecule has 0 radical (unpaired) electrons. The summed E-state index contributed by atoms with van der Waals surface area (Å²) in [6, 6.07) is 5.22. The zero-order chi connectivity index (χ0) is 14.5. The molecule has 3 N–H and O–H groups in total. The average Bonchev–Trinajstić information content (AvgIpc) is 2.46. The molecule has 0 aromatic heterocycles. The highest BCUT2D eigenvalue weighted by Gasteiger charge is 2.24. The number of carboxylic acids is 1. The van der Waals surface area contributed by atoms with Gasteiger partial charge in [0.1, 0.15) is 0 Å². The number of aliphatic hydroxyl groups excluding tert-OH is 1. The smallest absolute Gasteiger partial charge is 0.337 e. The van der Waals surface area contributed by atoms with E-state index in [1.54, 1.807) is 12.1 Å². The van der Waals surface area contributed by atoms with Gasteiger partial charge >= 0.3 is 5.97 Å². The fourth-order valence-electron chi connectivity index (χ4n) is 2.88. The Morgan fingerprint density at radius 2 is 2.00 bits per heavy atom. The van der Waals surface area contributed by atoms with E-state index >= 15 is 0 Å². The summed E-state index contributed by atoms with van der Waals surface area (Å²) in [5, 5.41) is 21.9. The van der Waals surface area contributed by atoms with Gasteiger partial charge in [-0.3, -0.25) is 0 Å². The number of hydrogen-bond acceptors (Lipinski definition) is 3. The van der Waals surface area contributed by atoms with E-state index in [0.717, 1.165) is 17.3 Å². The van der Waals surface area contributed by atoms with Crippen molar-refractivity contribution in [2.45, 2.75) is 25.7 Å². The molecule has 1 fully saturated rings. The highest BCUT2D eigenvalue weighted by molar-refractivity contribution is 9.10. The minimum Gasteiger partial charge on any atom is -0.478 e. The molecule has 20 heavy (non-hydrogen) atoms. The maximum absolute atomic E-state index is 11.2. The van der Waals surface area contributed by atoms with E-state index < -0.39 is 5.97 Å². The van der Waals surface area contributed by atoms with Crippen LogP contribution in [0, 0.1) is 11.8 Å². The summed E-state index contributed by atoms with van der Waals surface area (Å²) in [5.41, 5.74) is 0.915. The number of nitrogens with one attached hydrogen (secondary N) is 1. The van der Waals surface area contributed by atoms with Crippen molar-refractivity contribution in [3.8, 4) is 0 Å². The number of aromatic carboxylic acids is 1. The van der Waals surface area contributed by atoms with Gasteiger partial charge in [-0.1, -0.05) is 28.8 Å². The van der Waals surface area contributed by atoms with Crippen LogP contribution >= 0.6 is 15.9 Å². The van der Waals surface area contributed by atoms with Gasteiger partial charge in [0.05, 0.1) is 5.56 Å². The summed E-state index contributed by atoms with van der Waals surface area (Å²) in [7, 11) is 0. The van der Waals surface area contributed by atoms with Crippen molar-refractivity contribution in [3.05, 3.63) is 28.2 Å². The van der Waals surface area contributed by atoms with Crippen LogP contribution < -0.4 is 5.32 Å². The SMILES string of the molecule is O=C(O)c1cc(Br)ccc1NCC1CCCCC1CO. The molecule has 1 aromatic carbocycles. The highest BCUT2D eigenvalue weighted by atomic mass is 79.9. The van der Waals surface area contributed by atoms with E-state index in [2.05, 4.69) is 21.2 Å². The summed E-state index contributed by atoms with van der Waals surface area (Å²) >= 11 is 3.29. The molecule has 1 aliphatic rings. The molecule has 2 unspecified atom stereocenters. The second-order valence-electron chi connectivity index (χ2n) is 5.36. The van der Waals surface area contributed by atoms with Crippen LogP contribution in [0.25, 0.3) is 0 Å². The third-order valence-electron chi connectivity index (χ3n) is 4.07. The van der Waals surface area contributed by atoms with Gasteiger partial charge in [-0.15, -0.1) is 0 Å². The van der Waals surface area contributed by atoms with Crippen molar-refractivity contribution >= 4 is 27.6 Å². The van der Waals surface area contributed by atoms with E-state index in [-0.39, 0.29) is 12.2 Å². The molecule has 1 saturated carbocycles. The number of halogens is 1. The van der Waals surface area contributed by atoms with Crippen LogP contribution in [0.1, 0.15) is 36.0 Å². The van der Waals surface area contributed by atoms with E-state index in [1.807, 2.05) is 6.07 Å². The van der Waals surface area contributed by atoms with Crippen molar-refractivity contribution < 1.29 is 15.0 Å². The zero-order valence-corrected chi connectivity index (χ0v) is 12.9. The van der Waals surface area contributed by atoms with Gasteiger partial charge in [0, 0.05) is 23.3 Å². The number of benzene rings is 1. The lowest BCUT2D eigenvalue weighted by Gasteiger charge is -2.30. The van der Waals surface area contributed by atoms with Gasteiger partial charge in [-0.25, -0.2) is 4.79 Å². The highest BCUT2D eigenvalue weighted by Crippen LogP contribution is 2.30. The van der Waals surface area contributed by atoms with Gasteiger partial charge in [0.15, 0.2) is 0 Å². The number of hydrogen-bond donors (Lipinski definition) is 3. The summed E-state index contributed by atoms with van der Waals surface area (Å²) < 4.78 is 0.756. The van der Waals surface area contributed by atoms with E-state index in [1.165, 1.54) is 12.8 Å². The third-order valence-corrected chi connectivity index (χ3v) is 4.56. The van der Waals surface area contributed by atoms with E-state index in [4.69, 9.17) is 0 Å². The molecule has 2 rings (SSSR count). The number of carboxylic acid groups (broad SMARTS) is 1. The van der Waals surface area contributed by atoms with Crippen molar-refractivity contribution in [3.63, 3.8) is 0 Å². The van der Waals surface area contributed by atoms with Gasteiger partial charge in [-0.2, -0.15) is 0 Å². The summed E-state index contributed by atoms with van der Waals surface area (Å²) in [5.74, 6) is -0.185. The Morgan fingerprint density at radius 3 is 2.65 bits per heavy atom. The van der Waals surface area contributed by atoms with Crippen molar-refractivity contribution in [2.24, 2.45) is 11.8 Å². The molecule has 0 saturated heterocycles. The molecule has 0 aliphatic heterocycles. The zero-order valence-electron chi connectivity index (χ0n) is 11.3. The fourth-order valence-corrected chi connectivity index (χ4v) is 3.24. The molecule has 0 amide bonds. The molecule has 0 bridgehead atoms. The monoisotopic (exact) mass is 341 g/mol. The predicted molar refractivity (Wildman–Crippen MR) is 82.1 cm³/mol. The number of anilines is 1. The standard InChI is InChI=1S/C15H20BrNO3/c16-12-5-6-14(13(7-12)15(19)20)17-8-10-3-1-2-4-11(10)9-18/h5-7,10-11,17-18H,1-4,8-9H2,(H,19,20). The normalized spacial score (nSPS) is 22.5. The fraction of sp³-hybridized carbons (Fsp3) is 0.533. The molecule has 1 aromatic rings. The lowest BCUT2D eigenvalue weighted by Crippen LogP contribution is -2.29. The maximum Gasteiger partial charge on any atom is 0.337 e. The van der Waals surface area contributed by atoms with Crippen LogP contribution in [-0.4, -0.2) is 29.3 Å². The first kappa shape index (κ1) is 15.3.